The SMILES string of the molecule is CC(C)C(CNC(=O)NCc1ccnc(N2CCCCCC2)c1)N1CCOCC1. The number of ether oxygens (including phenoxy) is 1. The molecule has 7 heteroatoms. The average molecular weight is 404 g/mol. The first-order chi connectivity index (χ1) is 14.1. The number of rotatable bonds is 7. The summed E-state index contributed by atoms with van der Waals surface area (Å²) in [5, 5.41) is 6.06. The van der Waals surface area contributed by atoms with Gasteiger partial charge in [-0.3, -0.25) is 4.90 Å². The van der Waals surface area contributed by atoms with Crippen LogP contribution in [0.5, 0.6) is 0 Å². The zero-order chi connectivity index (χ0) is 20.5. The summed E-state index contributed by atoms with van der Waals surface area (Å²) in [5.41, 5.74) is 1.09. The van der Waals surface area contributed by atoms with Crippen molar-refractivity contribution in [1.29, 1.82) is 0 Å². The molecule has 0 radical (unpaired) electrons. The minimum atomic E-state index is -0.114. The minimum absolute atomic E-state index is 0.114. The van der Waals surface area contributed by atoms with Gasteiger partial charge in [-0.2, -0.15) is 0 Å². The van der Waals surface area contributed by atoms with Gasteiger partial charge in [0, 0.05) is 51.5 Å². The Hall–Kier alpha value is -1.86. The van der Waals surface area contributed by atoms with Crippen LogP contribution in [0.1, 0.15) is 45.1 Å². The topological polar surface area (TPSA) is 69.7 Å². The van der Waals surface area contributed by atoms with Gasteiger partial charge in [0.15, 0.2) is 0 Å². The summed E-state index contributed by atoms with van der Waals surface area (Å²) in [5.74, 6) is 1.50. The zero-order valence-corrected chi connectivity index (χ0v) is 18.0. The number of nitrogens with zero attached hydrogens (tertiary/aromatic N) is 3. The van der Waals surface area contributed by atoms with Gasteiger partial charge in [-0.05, 0) is 36.5 Å². The van der Waals surface area contributed by atoms with Crippen LogP contribution < -0.4 is 15.5 Å². The van der Waals surface area contributed by atoms with E-state index >= 15 is 0 Å². The summed E-state index contributed by atoms with van der Waals surface area (Å²) in [7, 11) is 0. The molecule has 3 rings (SSSR count). The second-order valence-corrected chi connectivity index (χ2v) is 8.45. The quantitative estimate of drug-likeness (QED) is 0.732. The third-order valence-corrected chi connectivity index (χ3v) is 5.95. The molecule has 2 fully saturated rings. The number of hydrogen-bond donors (Lipinski definition) is 2. The number of anilines is 1. The molecule has 0 aliphatic carbocycles. The molecule has 1 aromatic heterocycles. The van der Waals surface area contributed by atoms with Crippen molar-refractivity contribution in [3.8, 4) is 0 Å². The van der Waals surface area contributed by atoms with E-state index in [4.69, 9.17) is 4.74 Å². The van der Waals surface area contributed by atoms with Gasteiger partial charge in [0.1, 0.15) is 5.82 Å². The van der Waals surface area contributed by atoms with Crippen LogP contribution in [-0.4, -0.2) is 67.9 Å². The summed E-state index contributed by atoms with van der Waals surface area (Å²) < 4.78 is 5.45. The number of urea groups is 1. The first-order valence-electron chi connectivity index (χ1n) is 11.2. The van der Waals surface area contributed by atoms with Gasteiger partial charge in [0.05, 0.1) is 13.2 Å². The summed E-state index contributed by atoms with van der Waals surface area (Å²) >= 11 is 0. The maximum absolute atomic E-state index is 12.4. The molecule has 2 aliphatic rings. The molecule has 162 valence electrons. The highest BCUT2D eigenvalue weighted by atomic mass is 16.5. The average Bonchev–Trinajstić information content (AvgIpc) is 3.03. The third-order valence-electron chi connectivity index (χ3n) is 5.95. The van der Waals surface area contributed by atoms with Crippen molar-refractivity contribution in [2.75, 3.05) is 50.8 Å². The van der Waals surface area contributed by atoms with Crippen molar-refractivity contribution in [3.63, 3.8) is 0 Å². The predicted molar refractivity (Wildman–Crippen MR) is 116 cm³/mol. The Labute approximate surface area is 175 Å². The maximum Gasteiger partial charge on any atom is 0.315 e. The lowest BCUT2D eigenvalue weighted by Gasteiger charge is -2.36. The number of carbonyl (C=O) groups excluding carboxylic acids is 1. The fourth-order valence-corrected chi connectivity index (χ4v) is 4.18. The molecule has 7 nitrogen and oxygen atoms in total. The Bertz CT molecular complexity index is 625. The first-order valence-corrected chi connectivity index (χ1v) is 11.2. The highest BCUT2D eigenvalue weighted by Gasteiger charge is 2.24. The highest BCUT2D eigenvalue weighted by Crippen LogP contribution is 2.18. The molecular weight excluding hydrogens is 366 g/mol. The zero-order valence-electron chi connectivity index (χ0n) is 18.0. The van der Waals surface area contributed by atoms with E-state index in [1.807, 2.05) is 12.3 Å². The number of hydrogen-bond acceptors (Lipinski definition) is 5. The van der Waals surface area contributed by atoms with E-state index in [9.17, 15) is 4.79 Å². The lowest BCUT2D eigenvalue weighted by molar-refractivity contribution is 0.00719. The van der Waals surface area contributed by atoms with Crippen LogP contribution in [0.25, 0.3) is 0 Å². The molecule has 0 aromatic carbocycles. The Morgan fingerprint density at radius 3 is 2.52 bits per heavy atom. The second kappa shape index (κ2) is 11.4. The van der Waals surface area contributed by atoms with E-state index in [0.29, 0.717) is 25.0 Å². The molecule has 29 heavy (non-hydrogen) atoms. The number of aromatic nitrogens is 1. The molecule has 3 heterocycles. The molecule has 1 atom stereocenters. The fraction of sp³-hybridized carbons (Fsp3) is 0.727. The van der Waals surface area contributed by atoms with Crippen molar-refractivity contribution in [2.45, 2.75) is 52.1 Å². The molecule has 2 saturated heterocycles. The van der Waals surface area contributed by atoms with Crippen molar-refractivity contribution in [1.82, 2.24) is 20.5 Å². The van der Waals surface area contributed by atoms with Gasteiger partial charge >= 0.3 is 6.03 Å². The predicted octanol–water partition coefficient (Wildman–Crippen LogP) is 2.62. The van der Waals surface area contributed by atoms with Crippen LogP contribution in [-0.2, 0) is 11.3 Å². The van der Waals surface area contributed by atoms with Gasteiger partial charge in [0.25, 0.3) is 0 Å². The molecule has 2 amide bonds. The van der Waals surface area contributed by atoms with E-state index in [2.05, 4.69) is 45.3 Å². The number of nitrogens with one attached hydrogen (secondary N) is 2. The highest BCUT2D eigenvalue weighted by molar-refractivity contribution is 5.73. The van der Waals surface area contributed by atoms with Crippen molar-refractivity contribution < 1.29 is 9.53 Å². The number of carbonyl (C=O) groups is 1. The molecule has 0 bridgehead atoms. The first kappa shape index (κ1) is 21.8. The van der Waals surface area contributed by atoms with Crippen LogP contribution in [0, 0.1) is 5.92 Å². The molecule has 1 aromatic rings. The van der Waals surface area contributed by atoms with Crippen LogP contribution in [0.4, 0.5) is 10.6 Å². The van der Waals surface area contributed by atoms with Crippen LogP contribution in [0.3, 0.4) is 0 Å². The monoisotopic (exact) mass is 403 g/mol. The largest absolute Gasteiger partial charge is 0.379 e. The van der Waals surface area contributed by atoms with Crippen LogP contribution >= 0.6 is 0 Å². The number of pyridine rings is 1. The van der Waals surface area contributed by atoms with Gasteiger partial charge in [0.2, 0.25) is 0 Å². The maximum atomic E-state index is 12.4. The summed E-state index contributed by atoms with van der Waals surface area (Å²) in [4.78, 5) is 21.7. The van der Waals surface area contributed by atoms with Gasteiger partial charge in [-0.25, -0.2) is 9.78 Å². The van der Waals surface area contributed by atoms with E-state index in [1.165, 1.54) is 25.7 Å². The fourth-order valence-electron chi connectivity index (χ4n) is 4.18. The normalized spacial score (nSPS) is 19.6. The van der Waals surface area contributed by atoms with Crippen molar-refractivity contribution in [2.24, 2.45) is 5.92 Å². The van der Waals surface area contributed by atoms with Gasteiger partial charge in [-0.1, -0.05) is 26.7 Å². The lowest BCUT2D eigenvalue weighted by Crippen LogP contribution is -2.52. The van der Waals surface area contributed by atoms with E-state index in [1.54, 1.807) is 0 Å². The van der Waals surface area contributed by atoms with E-state index < -0.39 is 0 Å². The van der Waals surface area contributed by atoms with Gasteiger partial charge < -0.3 is 20.3 Å². The number of morpholine rings is 1. The second-order valence-electron chi connectivity index (χ2n) is 8.45. The summed E-state index contributed by atoms with van der Waals surface area (Å²) in [6, 6.07) is 4.31. The summed E-state index contributed by atoms with van der Waals surface area (Å²) in [6.07, 6.45) is 6.92. The van der Waals surface area contributed by atoms with Gasteiger partial charge in [-0.15, -0.1) is 0 Å². The van der Waals surface area contributed by atoms with Crippen molar-refractivity contribution >= 4 is 11.8 Å². The summed E-state index contributed by atoms with van der Waals surface area (Å²) in [6.45, 7) is 11.1. The Morgan fingerprint density at radius 2 is 1.83 bits per heavy atom. The standard InChI is InChI=1S/C22H37N5O2/c1-18(2)20(26-11-13-29-14-12-26)17-25-22(28)24-16-19-7-8-23-21(15-19)27-9-5-3-4-6-10-27/h7-8,15,18,20H,3-6,9-14,16-17H2,1-2H3,(H2,24,25,28). The smallest absolute Gasteiger partial charge is 0.315 e. The van der Waals surface area contributed by atoms with E-state index in [0.717, 1.165) is 50.8 Å². The minimum Gasteiger partial charge on any atom is -0.379 e. The lowest BCUT2D eigenvalue weighted by atomic mass is 10.0. The Balaban J connectivity index is 1.46. The van der Waals surface area contributed by atoms with Crippen LogP contribution in [0.15, 0.2) is 18.3 Å². The van der Waals surface area contributed by atoms with Crippen molar-refractivity contribution in [3.05, 3.63) is 23.9 Å². The Kier molecular flexibility index (Phi) is 8.55. The number of amides is 2. The van der Waals surface area contributed by atoms with E-state index in [-0.39, 0.29) is 6.03 Å². The molecule has 0 spiro atoms. The molecule has 0 saturated carbocycles. The molecular formula is C22H37N5O2. The van der Waals surface area contributed by atoms with Crippen LogP contribution in [0.2, 0.25) is 0 Å². The third kappa shape index (κ3) is 6.85. The molecule has 2 aliphatic heterocycles. The molecule has 2 N–H and O–H groups in total. The molecule has 1 unspecified atom stereocenters. The Morgan fingerprint density at radius 1 is 1.10 bits per heavy atom.